The number of hydrogen-bond acceptors (Lipinski definition) is 3. The number of fused-ring (bicyclic) bond motifs is 1. The molecule has 4 aliphatic rings. The summed E-state index contributed by atoms with van der Waals surface area (Å²) in [7, 11) is 0. The van der Waals surface area contributed by atoms with Crippen LogP contribution in [0, 0.1) is 5.41 Å². The SMILES string of the molecule is O=C(NC12CC(C(=O)O)(C1)C2)c1c(C2CC2)nn2ccccc12. The van der Waals surface area contributed by atoms with Gasteiger partial charge in [0.25, 0.3) is 5.91 Å². The fraction of sp³-hybridized carbons (Fsp3) is 0.471. The lowest BCUT2D eigenvalue weighted by atomic mass is 9.39. The van der Waals surface area contributed by atoms with Crippen molar-refractivity contribution in [3.8, 4) is 0 Å². The predicted molar refractivity (Wildman–Crippen MR) is 81.3 cm³/mol. The maximum Gasteiger partial charge on any atom is 0.309 e. The minimum atomic E-state index is -0.733. The molecule has 23 heavy (non-hydrogen) atoms. The molecule has 1 amide bonds. The Morgan fingerprint density at radius 1 is 1.26 bits per heavy atom. The lowest BCUT2D eigenvalue weighted by molar-refractivity contribution is -0.196. The van der Waals surface area contributed by atoms with Gasteiger partial charge in [-0.05, 0) is 44.2 Å². The van der Waals surface area contributed by atoms with Crippen LogP contribution in [0.1, 0.15) is 54.1 Å². The maximum absolute atomic E-state index is 12.9. The number of rotatable bonds is 4. The van der Waals surface area contributed by atoms with Crippen molar-refractivity contribution >= 4 is 17.4 Å². The molecule has 0 spiro atoms. The van der Waals surface area contributed by atoms with E-state index in [1.807, 2.05) is 24.4 Å². The fourth-order valence-electron chi connectivity index (χ4n) is 4.34. The number of carbonyl (C=O) groups is 2. The van der Waals surface area contributed by atoms with E-state index >= 15 is 0 Å². The standard InChI is InChI=1S/C17H17N3O3/c21-14(18-17-7-16(8-17,9-17)15(22)23)12-11-3-1-2-6-20(11)19-13(12)10-4-5-10/h1-3,6,10H,4-5,7-9H2,(H,18,21)(H,22,23). The van der Waals surface area contributed by atoms with Crippen molar-refractivity contribution < 1.29 is 14.7 Å². The molecule has 0 radical (unpaired) electrons. The van der Waals surface area contributed by atoms with Crippen molar-refractivity contribution in [1.82, 2.24) is 14.9 Å². The zero-order valence-corrected chi connectivity index (χ0v) is 12.6. The first kappa shape index (κ1) is 13.1. The monoisotopic (exact) mass is 311 g/mol. The van der Waals surface area contributed by atoms with Crippen molar-refractivity contribution in [1.29, 1.82) is 0 Å². The van der Waals surface area contributed by atoms with Gasteiger partial charge in [0.05, 0.1) is 22.2 Å². The van der Waals surface area contributed by atoms with Gasteiger partial charge in [-0.2, -0.15) is 5.10 Å². The number of carboxylic acid groups (broad SMARTS) is 1. The molecule has 2 aromatic heterocycles. The Labute approximate surface area is 132 Å². The number of aromatic nitrogens is 2. The van der Waals surface area contributed by atoms with Crippen LogP contribution in [0.4, 0.5) is 0 Å². The number of hydrogen-bond donors (Lipinski definition) is 2. The average molecular weight is 311 g/mol. The Hall–Kier alpha value is -2.37. The van der Waals surface area contributed by atoms with E-state index in [0.717, 1.165) is 24.1 Å². The van der Waals surface area contributed by atoms with Crippen LogP contribution in [0.2, 0.25) is 0 Å². The number of aliphatic carboxylic acids is 1. The van der Waals surface area contributed by atoms with Gasteiger partial charge < -0.3 is 10.4 Å². The molecular weight excluding hydrogens is 294 g/mol. The first-order valence-electron chi connectivity index (χ1n) is 8.05. The van der Waals surface area contributed by atoms with E-state index in [0.29, 0.717) is 30.7 Å². The van der Waals surface area contributed by atoms with Crippen LogP contribution < -0.4 is 5.32 Å². The molecule has 6 rings (SSSR count). The van der Waals surface area contributed by atoms with Crippen molar-refractivity contribution in [2.45, 2.75) is 43.6 Å². The summed E-state index contributed by atoms with van der Waals surface area (Å²) in [6.45, 7) is 0. The van der Waals surface area contributed by atoms with E-state index in [1.54, 1.807) is 4.52 Å². The molecule has 0 unspecified atom stereocenters. The number of nitrogens with zero attached hydrogens (tertiary/aromatic N) is 2. The highest BCUT2D eigenvalue weighted by atomic mass is 16.4. The summed E-state index contributed by atoms with van der Waals surface area (Å²) in [4.78, 5) is 24.1. The molecule has 4 saturated carbocycles. The third kappa shape index (κ3) is 1.66. The first-order chi connectivity index (χ1) is 11.0. The Bertz CT molecular complexity index is 845. The quantitative estimate of drug-likeness (QED) is 0.904. The minimum Gasteiger partial charge on any atom is -0.481 e. The smallest absolute Gasteiger partial charge is 0.309 e. The Kier molecular flexibility index (Phi) is 2.24. The number of carboxylic acids is 1. The van der Waals surface area contributed by atoms with E-state index < -0.39 is 11.4 Å². The summed E-state index contributed by atoms with van der Waals surface area (Å²) < 4.78 is 1.77. The highest BCUT2D eigenvalue weighted by Crippen LogP contribution is 2.67. The van der Waals surface area contributed by atoms with Gasteiger partial charge >= 0.3 is 5.97 Å². The number of amides is 1. The molecule has 0 saturated heterocycles. The highest BCUT2D eigenvalue weighted by Gasteiger charge is 2.72. The predicted octanol–water partition coefficient (Wildman–Crippen LogP) is 1.95. The fourth-order valence-corrected chi connectivity index (χ4v) is 4.34. The van der Waals surface area contributed by atoms with Crippen LogP contribution in [-0.2, 0) is 4.79 Å². The molecule has 2 N–H and O–H groups in total. The van der Waals surface area contributed by atoms with Crippen molar-refractivity contribution in [2.24, 2.45) is 5.41 Å². The number of pyridine rings is 1. The van der Waals surface area contributed by atoms with Gasteiger partial charge in [0, 0.05) is 17.7 Å². The van der Waals surface area contributed by atoms with E-state index in [4.69, 9.17) is 0 Å². The van der Waals surface area contributed by atoms with Crippen LogP contribution in [0.15, 0.2) is 24.4 Å². The Morgan fingerprint density at radius 2 is 2.00 bits per heavy atom. The molecule has 2 heterocycles. The maximum atomic E-state index is 12.9. The van der Waals surface area contributed by atoms with E-state index in [1.165, 1.54) is 0 Å². The molecule has 0 aromatic carbocycles. The van der Waals surface area contributed by atoms with Crippen LogP contribution in [0.5, 0.6) is 0 Å². The molecule has 2 aromatic rings. The van der Waals surface area contributed by atoms with Crippen molar-refractivity contribution in [3.63, 3.8) is 0 Å². The highest BCUT2D eigenvalue weighted by molar-refractivity contribution is 6.03. The molecule has 6 nitrogen and oxygen atoms in total. The van der Waals surface area contributed by atoms with Gasteiger partial charge in [-0.15, -0.1) is 0 Å². The van der Waals surface area contributed by atoms with Crippen molar-refractivity contribution in [3.05, 3.63) is 35.7 Å². The third-order valence-corrected chi connectivity index (χ3v) is 5.62. The zero-order valence-electron chi connectivity index (χ0n) is 12.6. The van der Waals surface area contributed by atoms with Crippen LogP contribution in [0.25, 0.3) is 5.52 Å². The molecule has 118 valence electrons. The van der Waals surface area contributed by atoms with E-state index in [9.17, 15) is 14.7 Å². The largest absolute Gasteiger partial charge is 0.481 e. The van der Waals surface area contributed by atoms with Crippen LogP contribution >= 0.6 is 0 Å². The van der Waals surface area contributed by atoms with Crippen molar-refractivity contribution in [2.75, 3.05) is 0 Å². The second-order valence-electron chi connectivity index (χ2n) is 7.42. The summed E-state index contributed by atoms with van der Waals surface area (Å²) in [5, 5.41) is 16.9. The molecule has 0 aliphatic heterocycles. The summed E-state index contributed by atoms with van der Waals surface area (Å²) >= 11 is 0. The van der Waals surface area contributed by atoms with E-state index in [2.05, 4.69) is 10.4 Å². The zero-order chi connectivity index (χ0) is 15.8. The number of carbonyl (C=O) groups excluding carboxylic acids is 1. The third-order valence-electron chi connectivity index (χ3n) is 5.62. The lowest BCUT2D eigenvalue weighted by Crippen LogP contribution is -2.77. The average Bonchev–Trinajstić information content (AvgIpc) is 3.20. The minimum absolute atomic E-state index is 0.105. The van der Waals surface area contributed by atoms with Gasteiger partial charge in [0.15, 0.2) is 0 Å². The van der Waals surface area contributed by atoms with Crippen LogP contribution in [-0.4, -0.2) is 32.1 Å². The number of nitrogens with one attached hydrogen (secondary N) is 1. The van der Waals surface area contributed by atoms with Gasteiger partial charge in [-0.1, -0.05) is 6.07 Å². The Balaban J connectivity index is 1.46. The molecule has 2 bridgehead atoms. The topological polar surface area (TPSA) is 83.7 Å². The molecule has 4 aliphatic carbocycles. The summed E-state index contributed by atoms with van der Waals surface area (Å²) in [5.41, 5.74) is 1.49. The summed E-state index contributed by atoms with van der Waals surface area (Å²) in [6.07, 6.45) is 5.68. The van der Waals surface area contributed by atoms with E-state index in [-0.39, 0.29) is 11.4 Å². The second-order valence-corrected chi connectivity index (χ2v) is 7.42. The molecule has 6 heteroatoms. The Morgan fingerprint density at radius 3 is 2.65 bits per heavy atom. The molecule has 0 atom stereocenters. The van der Waals surface area contributed by atoms with Gasteiger partial charge in [-0.25, -0.2) is 4.52 Å². The summed E-state index contributed by atoms with van der Waals surface area (Å²) in [5.74, 6) is -0.455. The second kappa shape index (κ2) is 3.93. The van der Waals surface area contributed by atoms with Crippen LogP contribution in [0.3, 0.4) is 0 Å². The van der Waals surface area contributed by atoms with Gasteiger partial charge in [0.2, 0.25) is 0 Å². The first-order valence-corrected chi connectivity index (χ1v) is 8.05. The van der Waals surface area contributed by atoms with Gasteiger partial charge in [-0.3, -0.25) is 9.59 Å². The normalized spacial score (nSPS) is 31.3. The molecular formula is C17H17N3O3. The molecule has 4 fully saturated rings. The lowest BCUT2D eigenvalue weighted by Gasteiger charge is -2.67. The van der Waals surface area contributed by atoms with Gasteiger partial charge in [0.1, 0.15) is 0 Å². The summed E-state index contributed by atoms with van der Waals surface area (Å²) in [6, 6.07) is 5.72.